The molecule has 0 saturated heterocycles. The predicted octanol–water partition coefficient (Wildman–Crippen LogP) is 4.05. The van der Waals surface area contributed by atoms with Gasteiger partial charge in [-0.25, -0.2) is 0 Å². The first-order valence-corrected chi connectivity index (χ1v) is 7.97. The van der Waals surface area contributed by atoms with Crippen LogP contribution in [0.5, 0.6) is 0 Å². The van der Waals surface area contributed by atoms with Crippen molar-refractivity contribution in [1.82, 2.24) is 0 Å². The molecule has 0 amide bonds. The number of carboxylic acids is 2. The maximum Gasteiger partial charge on any atom is 0.300 e. The molecule has 0 radical (unpaired) electrons. The van der Waals surface area contributed by atoms with E-state index in [4.69, 9.17) is 25.5 Å². The lowest BCUT2D eigenvalue weighted by Gasteiger charge is -2.00. The van der Waals surface area contributed by atoms with Gasteiger partial charge in [-0.05, 0) is 13.0 Å². The number of rotatable bonds is 10. The Morgan fingerprint density at radius 2 is 0.952 bits per heavy atom. The highest BCUT2D eigenvalue weighted by Gasteiger charge is 1.91. The molecule has 0 aromatic rings. The summed E-state index contributed by atoms with van der Waals surface area (Å²) in [5.74, 6) is -1.67. The van der Waals surface area contributed by atoms with Crippen LogP contribution in [0.25, 0.3) is 0 Å². The molecule has 0 unspecified atom stereocenters. The van der Waals surface area contributed by atoms with E-state index in [0.717, 1.165) is 20.4 Å². The van der Waals surface area contributed by atoms with Gasteiger partial charge in [-0.3, -0.25) is 9.59 Å². The van der Waals surface area contributed by atoms with E-state index in [1.54, 1.807) is 0 Å². The van der Waals surface area contributed by atoms with E-state index < -0.39 is 11.9 Å². The zero-order valence-corrected chi connectivity index (χ0v) is 14.1. The van der Waals surface area contributed by atoms with Crippen LogP contribution in [0.3, 0.4) is 0 Å². The van der Waals surface area contributed by atoms with Gasteiger partial charge in [-0.1, -0.05) is 64.7 Å². The highest BCUT2D eigenvalue weighted by molar-refractivity contribution is 5.63. The molecule has 0 aliphatic heterocycles. The predicted molar refractivity (Wildman–Crippen MR) is 87.5 cm³/mol. The van der Waals surface area contributed by atoms with Crippen LogP contribution in [0, 0.1) is 0 Å². The van der Waals surface area contributed by atoms with E-state index in [1.165, 1.54) is 64.2 Å². The molecule has 0 fully saturated rings. The topological polar surface area (TPSA) is 101 Å². The normalized spacial score (nSPS) is 8.95. The highest BCUT2D eigenvalue weighted by atomic mass is 16.4. The van der Waals surface area contributed by atoms with Crippen molar-refractivity contribution in [2.75, 3.05) is 6.54 Å². The number of hydrogen-bond acceptors (Lipinski definition) is 3. The SMILES string of the molecule is CC(=O)O.CC(=O)O.CCCCCCCCCCCCN. The van der Waals surface area contributed by atoms with E-state index in [2.05, 4.69) is 6.92 Å². The molecule has 0 aliphatic rings. The second kappa shape index (κ2) is 24.0. The Morgan fingerprint density at radius 3 is 1.19 bits per heavy atom. The monoisotopic (exact) mass is 305 g/mol. The molecule has 21 heavy (non-hydrogen) atoms. The number of hydrogen-bond donors (Lipinski definition) is 3. The molecule has 0 aromatic carbocycles. The van der Waals surface area contributed by atoms with E-state index in [1.807, 2.05) is 0 Å². The molecule has 128 valence electrons. The number of carbonyl (C=O) groups is 2. The molecule has 0 aromatic heterocycles. The average Bonchev–Trinajstić information content (AvgIpc) is 2.35. The van der Waals surface area contributed by atoms with Crippen LogP contribution in [0.1, 0.15) is 85.0 Å². The van der Waals surface area contributed by atoms with Crippen LogP contribution < -0.4 is 5.73 Å². The van der Waals surface area contributed by atoms with Crippen LogP contribution in [0.15, 0.2) is 0 Å². The van der Waals surface area contributed by atoms with Gasteiger partial charge in [-0.2, -0.15) is 0 Å². The van der Waals surface area contributed by atoms with Crippen LogP contribution in [0.2, 0.25) is 0 Å². The molecule has 0 bridgehead atoms. The summed E-state index contributed by atoms with van der Waals surface area (Å²) in [6, 6.07) is 0. The van der Waals surface area contributed by atoms with Gasteiger partial charge in [0.2, 0.25) is 0 Å². The standard InChI is InChI=1S/C12H27N.2C2H4O2/c1-2-3-4-5-6-7-8-9-10-11-12-13;2*1-2(3)4/h2-13H2,1H3;2*1H3,(H,3,4). The molecule has 4 N–H and O–H groups in total. The first kappa shape index (κ1) is 24.9. The fourth-order valence-corrected chi connectivity index (χ4v) is 1.63. The van der Waals surface area contributed by atoms with Crippen LogP contribution in [-0.2, 0) is 9.59 Å². The number of unbranched alkanes of at least 4 members (excludes halogenated alkanes) is 9. The van der Waals surface area contributed by atoms with Gasteiger partial charge in [0.1, 0.15) is 0 Å². The van der Waals surface area contributed by atoms with E-state index >= 15 is 0 Å². The minimum Gasteiger partial charge on any atom is -0.481 e. The summed E-state index contributed by atoms with van der Waals surface area (Å²) in [6.07, 6.45) is 13.9. The van der Waals surface area contributed by atoms with Gasteiger partial charge in [-0.15, -0.1) is 0 Å². The van der Waals surface area contributed by atoms with Crippen molar-refractivity contribution < 1.29 is 19.8 Å². The molecule has 0 spiro atoms. The lowest BCUT2D eigenvalue weighted by atomic mass is 10.1. The first-order chi connectivity index (χ1) is 9.88. The third kappa shape index (κ3) is 68.1. The molecule has 0 heterocycles. The first-order valence-electron chi connectivity index (χ1n) is 7.97. The quantitative estimate of drug-likeness (QED) is 0.529. The third-order valence-corrected chi connectivity index (χ3v) is 2.56. The van der Waals surface area contributed by atoms with E-state index in [0.29, 0.717) is 0 Å². The van der Waals surface area contributed by atoms with Crippen LogP contribution in [0.4, 0.5) is 0 Å². The smallest absolute Gasteiger partial charge is 0.300 e. The van der Waals surface area contributed by atoms with Gasteiger partial charge in [0.25, 0.3) is 11.9 Å². The molecule has 0 rings (SSSR count). The van der Waals surface area contributed by atoms with Crippen molar-refractivity contribution >= 4 is 11.9 Å². The molecular formula is C16H35NO4. The number of carboxylic acid groups (broad SMARTS) is 2. The minimum atomic E-state index is -0.833. The Hall–Kier alpha value is -1.10. The van der Waals surface area contributed by atoms with Crippen molar-refractivity contribution in [3.63, 3.8) is 0 Å². The molecular weight excluding hydrogens is 270 g/mol. The Bertz CT molecular complexity index is 190. The summed E-state index contributed by atoms with van der Waals surface area (Å²) < 4.78 is 0. The second-order valence-electron chi connectivity index (χ2n) is 5.01. The van der Waals surface area contributed by atoms with E-state index in [-0.39, 0.29) is 0 Å². The minimum absolute atomic E-state index is 0.833. The summed E-state index contributed by atoms with van der Waals surface area (Å²) in [5, 5.41) is 14.8. The Balaban J connectivity index is -0.000000334. The molecule has 0 atom stereocenters. The maximum atomic E-state index is 9.00. The van der Waals surface area contributed by atoms with E-state index in [9.17, 15) is 0 Å². The van der Waals surface area contributed by atoms with Crippen LogP contribution in [-0.4, -0.2) is 28.7 Å². The summed E-state index contributed by atoms with van der Waals surface area (Å²) in [6.45, 7) is 5.31. The summed E-state index contributed by atoms with van der Waals surface area (Å²) in [5.41, 5.74) is 5.42. The summed E-state index contributed by atoms with van der Waals surface area (Å²) >= 11 is 0. The maximum absolute atomic E-state index is 9.00. The van der Waals surface area contributed by atoms with Crippen molar-refractivity contribution in [2.24, 2.45) is 5.73 Å². The average molecular weight is 305 g/mol. The van der Waals surface area contributed by atoms with Crippen molar-refractivity contribution in [3.05, 3.63) is 0 Å². The Morgan fingerprint density at radius 1 is 0.714 bits per heavy atom. The second-order valence-corrected chi connectivity index (χ2v) is 5.01. The summed E-state index contributed by atoms with van der Waals surface area (Å²) in [4.78, 5) is 18.0. The van der Waals surface area contributed by atoms with Gasteiger partial charge >= 0.3 is 0 Å². The molecule has 5 nitrogen and oxygen atoms in total. The Labute approximate surface area is 129 Å². The number of nitrogens with two attached hydrogens (primary N) is 1. The van der Waals surface area contributed by atoms with Crippen molar-refractivity contribution in [3.8, 4) is 0 Å². The third-order valence-electron chi connectivity index (χ3n) is 2.56. The lowest BCUT2D eigenvalue weighted by Crippen LogP contribution is -1.97. The fourth-order valence-electron chi connectivity index (χ4n) is 1.63. The van der Waals surface area contributed by atoms with Gasteiger partial charge < -0.3 is 15.9 Å². The lowest BCUT2D eigenvalue weighted by molar-refractivity contribution is -0.135. The number of aliphatic carboxylic acids is 2. The summed E-state index contributed by atoms with van der Waals surface area (Å²) in [7, 11) is 0. The van der Waals surface area contributed by atoms with Gasteiger partial charge in [0, 0.05) is 13.8 Å². The highest BCUT2D eigenvalue weighted by Crippen LogP contribution is 2.09. The largest absolute Gasteiger partial charge is 0.481 e. The van der Waals surface area contributed by atoms with Crippen molar-refractivity contribution in [1.29, 1.82) is 0 Å². The fraction of sp³-hybridized carbons (Fsp3) is 0.875. The zero-order valence-electron chi connectivity index (χ0n) is 14.1. The van der Waals surface area contributed by atoms with Gasteiger partial charge in [0.15, 0.2) is 0 Å². The van der Waals surface area contributed by atoms with Gasteiger partial charge in [0.05, 0.1) is 0 Å². The molecule has 0 aliphatic carbocycles. The zero-order chi connectivity index (χ0) is 16.9. The van der Waals surface area contributed by atoms with Crippen LogP contribution >= 0.6 is 0 Å². The molecule has 0 saturated carbocycles. The Kier molecular flexibility index (Phi) is 28.4. The van der Waals surface area contributed by atoms with Crippen molar-refractivity contribution in [2.45, 2.75) is 85.0 Å². The molecule has 5 heteroatoms.